The Balaban J connectivity index is 2.77. The van der Waals surface area contributed by atoms with Crippen molar-refractivity contribution in [2.45, 2.75) is 33.3 Å². The molecule has 1 aromatic heterocycles. The third kappa shape index (κ3) is 4.72. The Morgan fingerprint density at radius 2 is 2.19 bits per heavy atom. The maximum absolute atomic E-state index is 9.18. The summed E-state index contributed by atoms with van der Waals surface area (Å²) in [5, 5.41) is 12.3. The van der Waals surface area contributed by atoms with E-state index in [0.717, 1.165) is 18.1 Å². The summed E-state index contributed by atoms with van der Waals surface area (Å²) in [7, 11) is 0. The van der Waals surface area contributed by atoms with Gasteiger partial charge in [-0.2, -0.15) is 0 Å². The summed E-state index contributed by atoms with van der Waals surface area (Å²) in [6.45, 7) is 6.50. The zero-order valence-electron chi connectivity index (χ0n) is 9.95. The van der Waals surface area contributed by atoms with E-state index in [0.29, 0.717) is 17.1 Å². The van der Waals surface area contributed by atoms with E-state index in [1.54, 1.807) is 13.0 Å². The van der Waals surface area contributed by atoms with Gasteiger partial charge in [-0.15, -0.1) is 0 Å². The van der Waals surface area contributed by atoms with Crippen LogP contribution in [0.2, 0.25) is 0 Å². The summed E-state index contributed by atoms with van der Waals surface area (Å²) < 4.78 is 0.572. The van der Waals surface area contributed by atoms with Crippen LogP contribution < -0.4 is 5.32 Å². The summed E-state index contributed by atoms with van der Waals surface area (Å²) in [6.07, 6.45) is 0.483. The lowest BCUT2D eigenvalue weighted by molar-refractivity contribution is 0.208. The van der Waals surface area contributed by atoms with Crippen molar-refractivity contribution >= 4 is 18.0 Å². The van der Waals surface area contributed by atoms with Gasteiger partial charge in [0.2, 0.25) is 0 Å². The van der Waals surface area contributed by atoms with Crippen LogP contribution in [0.15, 0.2) is 6.07 Å². The lowest BCUT2D eigenvalue weighted by Gasteiger charge is -2.11. The van der Waals surface area contributed by atoms with E-state index in [2.05, 4.69) is 29.1 Å². The van der Waals surface area contributed by atoms with Gasteiger partial charge in [0.25, 0.3) is 0 Å². The molecule has 0 aromatic carbocycles. The van der Waals surface area contributed by atoms with Crippen LogP contribution in [0.5, 0.6) is 0 Å². The van der Waals surface area contributed by atoms with Gasteiger partial charge in [-0.1, -0.05) is 26.1 Å². The van der Waals surface area contributed by atoms with Crippen molar-refractivity contribution in [3.8, 4) is 0 Å². The predicted octanol–water partition coefficient (Wildman–Crippen LogP) is 2.13. The normalized spacial score (nSPS) is 12.8. The molecule has 1 heterocycles. The van der Waals surface area contributed by atoms with Gasteiger partial charge in [-0.25, -0.2) is 4.98 Å². The highest BCUT2D eigenvalue weighted by Gasteiger charge is 2.02. The van der Waals surface area contributed by atoms with Gasteiger partial charge in [-0.3, -0.25) is 0 Å². The first-order valence-corrected chi connectivity index (χ1v) is 5.90. The molecule has 5 heteroatoms. The monoisotopic (exact) mass is 241 g/mol. The number of rotatable bonds is 5. The second-order valence-corrected chi connectivity index (χ2v) is 4.83. The molecule has 0 aliphatic heterocycles. The van der Waals surface area contributed by atoms with Crippen LogP contribution in [0.3, 0.4) is 0 Å². The zero-order valence-corrected chi connectivity index (χ0v) is 10.8. The molecule has 0 aliphatic carbocycles. The molecule has 1 unspecified atom stereocenters. The van der Waals surface area contributed by atoms with Gasteiger partial charge < -0.3 is 15.4 Å². The van der Waals surface area contributed by atoms with Gasteiger partial charge in [0, 0.05) is 19.0 Å². The fourth-order valence-corrected chi connectivity index (χ4v) is 1.57. The van der Waals surface area contributed by atoms with Crippen LogP contribution in [0.1, 0.15) is 26.6 Å². The fourth-order valence-electron chi connectivity index (χ4n) is 1.34. The highest BCUT2D eigenvalue weighted by atomic mass is 32.1. The molecule has 3 N–H and O–H groups in total. The number of aromatic nitrogens is 2. The Bertz CT molecular complexity index is 387. The molecule has 16 heavy (non-hydrogen) atoms. The van der Waals surface area contributed by atoms with Crippen molar-refractivity contribution in [3.63, 3.8) is 0 Å². The SMILES string of the molecule is CC(C)Cc1nc(=S)cc(NCC(C)O)[nH]1. The first-order valence-electron chi connectivity index (χ1n) is 5.49. The van der Waals surface area contributed by atoms with E-state index in [4.69, 9.17) is 12.2 Å². The highest BCUT2D eigenvalue weighted by molar-refractivity contribution is 7.71. The van der Waals surface area contributed by atoms with E-state index in [1.165, 1.54) is 0 Å². The Morgan fingerprint density at radius 3 is 2.75 bits per heavy atom. The molecule has 0 saturated heterocycles. The van der Waals surface area contributed by atoms with Crippen molar-refractivity contribution in [2.24, 2.45) is 5.92 Å². The van der Waals surface area contributed by atoms with Crippen molar-refractivity contribution in [1.82, 2.24) is 9.97 Å². The van der Waals surface area contributed by atoms with Gasteiger partial charge in [-0.05, 0) is 12.8 Å². The molecular formula is C11H19N3OS. The van der Waals surface area contributed by atoms with E-state index in [1.807, 2.05) is 0 Å². The van der Waals surface area contributed by atoms with Crippen LogP contribution in [0.4, 0.5) is 5.82 Å². The largest absolute Gasteiger partial charge is 0.392 e. The number of hydrogen-bond donors (Lipinski definition) is 3. The fraction of sp³-hybridized carbons (Fsp3) is 0.636. The van der Waals surface area contributed by atoms with E-state index in [9.17, 15) is 5.11 Å². The lowest BCUT2D eigenvalue weighted by atomic mass is 10.1. The zero-order chi connectivity index (χ0) is 12.1. The molecule has 0 bridgehead atoms. The second kappa shape index (κ2) is 5.96. The van der Waals surface area contributed by atoms with Crippen LogP contribution in [-0.4, -0.2) is 27.7 Å². The molecule has 0 saturated carbocycles. The van der Waals surface area contributed by atoms with Crippen LogP contribution in [-0.2, 0) is 6.42 Å². The minimum Gasteiger partial charge on any atom is -0.392 e. The minimum absolute atomic E-state index is 0.385. The van der Waals surface area contributed by atoms with E-state index in [-0.39, 0.29) is 6.10 Å². The van der Waals surface area contributed by atoms with E-state index >= 15 is 0 Å². The van der Waals surface area contributed by atoms with Crippen molar-refractivity contribution in [2.75, 3.05) is 11.9 Å². The molecule has 4 nitrogen and oxygen atoms in total. The van der Waals surface area contributed by atoms with Gasteiger partial charge >= 0.3 is 0 Å². The van der Waals surface area contributed by atoms with Crippen LogP contribution in [0.25, 0.3) is 0 Å². The molecule has 0 aliphatic rings. The third-order valence-corrected chi connectivity index (χ3v) is 2.19. The second-order valence-electron chi connectivity index (χ2n) is 4.41. The Morgan fingerprint density at radius 1 is 1.50 bits per heavy atom. The average molecular weight is 241 g/mol. The maximum Gasteiger partial charge on any atom is 0.131 e. The molecule has 0 fully saturated rings. The standard InChI is InChI=1S/C11H19N3OS/c1-7(2)4-10-13-9(5-11(16)14-10)12-6-8(3)15/h5,7-8,15H,4,6H2,1-3H3,(H2,12,13,14,16). The van der Waals surface area contributed by atoms with Crippen molar-refractivity contribution in [3.05, 3.63) is 16.5 Å². The summed E-state index contributed by atoms with van der Waals surface area (Å²) in [5.41, 5.74) is 0. The number of anilines is 1. The topological polar surface area (TPSA) is 60.9 Å². The van der Waals surface area contributed by atoms with Crippen LogP contribution in [0, 0.1) is 10.6 Å². The average Bonchev–Trinajstić information content (AvgIpc) is 2.12. The summed E-state index contributed by atoms with van der Waals surface area (Å²) in [4.78, 5) is 7.43. The molecule has 90 valence electrons. The molecule has 0 spiro atoms. The van der Waals surface area contributed by atoms with Crippen molar-refractivity contribution in [1.29, 1.82) is 0 Å². The molecular weight excluding hydrogens is 222 g/mol. The molecule has 0 radical (unpaired) electrons. The number of aliphatic hydroxyl groups excluding tert-OH is 1. The number of nitrogens with one attached hydrogen (secondary N) is 2. The Hall–Kier alpha value is -0.940. The minimum atomic E-state index is -0.385. The first-order chi connectivity index (χ1) is 7.47. The Labute approximate surface area is 101 Å². The quantitative estimate of drug-likeness (QED) is 0.691. The van der Waals surface area contributed by atoms with Gasteiger partial charge in [0.05, 0.1) is 6.10 Å². The predicted molar refractivity (Wildman–Crippen MR) is 68.1 cm³/mol. The number of aromatic amines is 1. The summed E-state index contributed by atoms with van der Waals surface area (Å²) >= 11 is 5.09. The first kappa shape index (κ1) is 13.1. The number of aliphatic hydroxyl groups is 1. The summed E-state index contributed by atoms with van der Waals surface area (Å²) in [5.74, 6) is 2.23. The van der Waals surface area contributed by atoms with Crippen molar-refractivity contribution < 1.29 is 5.11 Å². The van der Waals surface area contributed by atoms with Gasteiger partial charge in [0.15, 0.2) is 0 Å². The van der Waals surface area contributed by atoms with Crippen LogP contribution >= 0.6 is 12.2 Å². The Kier molecular flexibility index (Phi) is 4.89. The maximum atomic E-state index is 9.18. The molecule has 0 amide bonds. The highest BCUT2D eigenvalue weighted by Crippen LogP contribution is 2.08. The van der Waals surface area contributed by atoms with E-state index < -0.39 is 0 Å². The third-order valence-electron chi connectivity index (χ3n) is 1.98. The molecule has 1 aromatic rings. The smallest absolute Gasteiger partial charge is 0.131 e. The molecule has 1 rings (SSSR count). The summed E-state index contributed by atoms with van der Waals surface area (Å²) in [6, 6.07) is 1.77. The number of nitrogens with zero attached hydrogens (tertiary/aromatic N) is 1. The lowest BCUT2D eigenvalue weighted by Crippen LogP contribution is -2.16. The number of hydrogen-bond acceptors (Lipinski definition) is 4. The van der Waals surface area contributed by atoms with Gasteiger partial charge in [0.1, 0.15) is 16.3 Å². The molecule has 1 atom stereocenters. The number of H-pyrrole nitrogens is 1.